The summed E-state index contributed by atoms with van der Waals surface area (Å²) in [6.45, 7) is 4.65. The minimum atomic E-state index is 0.412. The van der Waals surface area contributed by atoms with Crippen molar-refractivity contribution in [2.45, 2.75) is 45.4 Å². The summed E-state index contributed by atoms with van der Waals surface area (Å²) in [6.07, 6.45) is 7.96. The zero-order valence-corrected chi connectivity index (χ0v) is 12.0. The molecule has 1 saturated carbocycles. The summed E-state index contributed by atoms with van der Waals surface area (Å²) in [4.78, 5) is 8.57. The molecule has 0 amide bonds. The third-order valence-electron chi connectivity index (χ3n) is 4.15. The molecule has 2 aromatic rings. The van der Waals surface area contributed by atoms with E-state index in [1.807, 2.05) is 0 Å². The number of pyridine rings is 1. The van der Waals surface area contributed by atoms with Gasteiger partial charge in [-0.1, -0.05) is 19.0 Å². The van der Waals surface area contributed by atoms with E-state index in [1.54, 1.807) is 18.5 Å². The Balaban J connectivity index is 1.78. The van der Waals surface area contributed by atoms with E-state index in [9.17, 15) is 0 Å². The van der Waals surface area contributed by atoms with Gasteiger partial charge in [0, 0.05) is 18.3 Å². The molecule has 20 heavy (non-hydrogen) atoms. The summed E-state index contributed by atoms with van der Waals surface area (Å²) < 4.78 is 5.35. The van der Waals surface area contributed by atoms with E-state index >= 15 is 0 Å². The monoisotopic (exact) mass is 272 g/mol. The molecule has 0 bridgehead atoms. The molecule has 0 atom stereocenters. The van der Waals surface area contributed by atoms with Gasteiger partial charge in [-0.2, -0.15) is 4.98 Å². The molecule has 1 aliphatic rings. The van der Waals surface area contributed by atoms with Crippen LogP contribution in [0.3, 0.4) is 0 Å². The lowest BCUT2D eigenvalue weighted by Gasteiger charge is -2.32. The molecule has 2 heterocycles. The van der Waals surface area contributed by atoms with Crippen molar-refractivity contribution in [1.82, 2.24) is 15.1 Å². The van der Waals surface area contributed by atoms with Crippen molar-refractivity contribution in [1.29, 1.82) is 0 Å². The van der Waals surface area contributed by atoms with Crippen LogP contribution in [0.1, 0.15) is 51.3 Å². The van der Waals surface area contributed by atoms with Gasteiger partial charge in [0.1, 0.15) is 0 Å². The highest BCUT2D eigenvalue weighted by Crippen LogP contribution is 2.41. The third kappa shape index (κ3) is 2.66. The molecule has 0 radical (unpaired) electrons. The zero-order valence-electron chi connectivity index (χ0n) is 12.0. The summed E-state index contributed by atoms with van der Waals surface area (Å²) in [5, 5.41) is 4.14. The molecule has 5 heteroatoms. The Hall–Kier alpha value is -1.91. The SMILES string of the molecule is CC1(C)CCC(c2noc(-c3cncc(N)c3)n2)CC1. The molecule has 0 aromatic carbocycles. The van der Waals surface area contributed by atoms with Crippen molar-refractivity contribution in [3.8, 4) is 11.5 Å². The van der Waals surface area contributed by atoms with E-state index in [0.29, 0.717) is 22.9 Å². The van der Waals surface area contributed by atoms with E-state index in [1.165, 1.54) is 12.8 Å². The summed E-state index contributed by atoms with van der Waals surface area (Å²) in [5.41, 5.74) is 7.54. The van der Waals surface area contributed by atoms with E-state index in [0.717, 1.165) is 24.2 Å². The van der Waals surface area contributed by atoms with Gasteiger partial charge in [0.2, 0.25) is 0 Å². The van der Waals surface area contributed by atoms with Crippen LogP contribution in [0.5, 0.6) is 0 Å². The van der Waals surface area contributed by atoms with Gasteiger partial charge in [-0.3, -0.25) is 4.98 Å². The average molecular weight is 272 g/mol. The first-order valence-corrected chi connectivity index (χ1v) is 7.08. The van der Waals surface area contributed by atoms with E-state index in [4.69, 9.17) is 10.3 Å². The van der Waals surface area contributed by atoms with Crippen molar-refractivity contribution >= 4 is 5.69 Å². The molecule has 0 unspecified atom stereocenters. The molecule has 2 N–H and O–H groups in total. The highest BCUT2D eigenvalue weighted by molar-refractivity contribution is 5.57. The van der Waals surface area contributed by atoms with Crippen molar-refractivity contribution < 1.29 is 4.52 Å². The van der Waals surface area contributed by atoms with Gasteiger partial charge in [0.05, 0.1) is 11.3 Å². The predicted molar refractivity (Wildman–Crippen MR) is 76.9 cm³/mol. The number of nitrogens with zero attached hydrogens (tertiary/aromatic N) is 3. The number of rotatable bonds is 2. The molecule has 0 aliphatic heterocycles. The maximum Gasteiger partial charge on any atom is 0.259 e. The van der Waals surface area contributed by atoms with Crippen molar-refractivity contribution in [2.24, 2.45) is 5.41 Å². The molecule has 1 aliphatic carbocycles. The first kappa shape index (κ1) is 13.1. The Morgan fingerprint density at radius 3 is 2.70 bits per heavy atom. The smallest absolute Gasteiger partial charge is 0.259 e. The lowest BCUT2D eigenvalue weighted by Crippen LogP contribution is -2.20. The van der Waals surface area contributed by atoms with Crippen LogP contribution in [0.25, 0.3) is 11.5 Å². The second kappa shape index (κ2) is 4.89. The van der Waals surface area contributed by atoms with Crippen molar-refractivity contribution in [3.63, 3.8) is 0 Å². The van der Waals surface area contributed by atoms with Crippen LogP contribution in [0.15, 0.2) is 23.0 Å². The summed E-state index contributed by atoms with van der Waals surface area (Å²) >= 11 is 0. The van der Waals surface area contributed by atoms with Crippen LogP contribution in [-0.2, 0) is 0 Å². The highest BCUT2D eigenvalue weighted by atomic mass is 16.5. The highest BCUT2D eigenvalue weighted by Gasteiger charge is 2.30. The summed E-state index contributed by atoms with van der Waals surface area (Å²) in [6, 6.07) is 1.80. The maximum absolute atomic E-state index is 5.72. The second-order valence-electron chi connectivity index (χ2n) is 6.40. The Morgan fingerprint density at radius 1 is 1.25 bits per heavy atom. The third-order valence-corrected chi connectivity index (χ3v) is 4.15. The van der Waals surface area contributed by atoms with Gasteiger partial charge in [0.25, 0.3) is 5.89 Å². The largest absolute Gasteiger partial charge is 0.397 e. The van der Waals surface area contributed by atoms with Crippen molar-refractivity contribution in [2.75, 3.05) is 5.73 Å². The van der Waals surface area contributed by atoms with Crippen LogP contribution in [0, 0.1) is 5.41 Å². The molecule has 106 valence electrons. The van der Waals surface area contributed by atoms with Gasteiger partial charge in [0.15, 0.2) is 5.82 Å². The van der Waals surface area contributed by atoms with Gasteiger partial charge in [-0.25, -0.2) is 0 Å². The van der Waals surface area contributed by atoms with E-state index in [2.05, 4.69) is 29.0 Å². The second-order valence-corrected chi connectivity index (χ2v) is 6.40. The van der Waals surface area contributed by atoms with Crippen LogP contribution in [-0.4, -0.2) is 15.1 Å². The first-order valence-electron chi connectivity index (χ1n) is 7.08. The number of nitrogens with two attached hydrogens (primary N) is 1. The number of nitrogen functional groups attached to an aromatic ring is 1. The van der Waals surface area contributed by atoms with Crippen LogP contribution in [0.2, 0.25) is 0 Å². The van der Waals surface area contributed by atoms with Gasteiger partial charge in [-0.15, -0.1) is 0 Å². The number of hydrogen-bond acceptors (Lipinski definition) is 5. The molecular formula is C15H20N4O. The Kier molecular flexibility index (Phi) is 3.20. The van der Waals surface area contributed by atoms with Crippen LogP contribution in [0.4, 0.5) is 5.69 Å². The van der Waals surface area contributed by atoms with Crippen LogP contribution < -0.4 is 5.73 Å². The number of hydrogen-bond donors (Lipinski definition) is 1. The molecule has 3 rings (SSSR count). The fourth-order valence-corrected chi connectivity index (χ4v) is 2.75. The molecule has 0 saturated heterocycles. The quantitative estimate of drug-likeness (QED) is 0.906. The number of aromatic nitrogens is 3. The summed E-state index contributed by atoms with van der Waals surface area (Å²) in [5.74, 6) is 1.73. The van der Waals surface area contributed by atoms with Gasteiger partial charge < -0.3 is 10.3 Å². The van der Waals surface area contributed by atoms with Gasteiger partial charge in [-0.05, 0) is 37.2 Å². The minimum absolute atomic E-state index is 0.412. The lowest BCUT2D eigenvalue weighted by molar-refractivity contribution is 0.218. The Morgan fingerprint density at radius 2 is 2.00 bits per heavy atom. The first-order chi connectivity index (χ1) is 9.53. The van der Waals surface area contributed by atoms with Crippen molar-refractivity contribution in [3.05, 3.63) is 24.3 Å². The molecule has 1 fully saturated rings. The fraction of sp³-hybridized carbons (Fsp3) is 0.533. The standard InChI is InChI=1S/C15H20N4O/c1-15(2)5-3-10(4-6-15)13-18-14(20-19-13)11-7-12(16)9-17-8-11/h7-10H,3-6,16H2,1-2H3. The lowest BCUT2D eigenvalue weighted by atomic mass is 9.73. The Bertz CT molecular complexity index is 595. The normalized spacial score (nSPS) is 19.1. The average Bonchev–Trinajstić information content (AvgIpc) is 2.88. The zero-order chi connectivity index (χ0) is 14.2. The Labute approximate surface area is 118 Å². The van der Waals surface area contributed by atoms with E-state index < -0.39 is 0 Å². The minimum Gasteiger partial charge on any atom is -0.397 e. The predicted octanol–water partition coefficient (Wildman–Crippen LogP) is 3.40. The van der Waals surface area contributed by atoms with E-state index in [-0.39, 0.29) is 0 Å². The molecule has 5 nitrogen and oxygen atoms in total. The fourth-order valence-electron chi connectivity index (χ4n) is 2.75. The maximum atomic E-state index is 5.72. The number of anilines is 1. The topological polar surface area (TPSA) is 77.8 Å². The van der Waals surface area contributed by atoms with Crippen LogP contribution >= 0.6 is 0 Å². The summed E-state index contributed by atoms with van der Waals surface area (Å²) in [7, 11) is 0. The van der Waals surface area contributed by atoms with Gasteiger partial charge >= 0.3 is 0 Å². The molecule has 2 aromatic heterocycles. The molecule has 0 spiro atoms. The molecular weight excluding hydrogens is 252 g/mol.